The molecule has 1 aliphatic carbocycles. The molecule has 11 heteroatoms. The van der Waals surface area contributed by atoms with Gasteiger partial charge in [-0.15, -0.1) is 0 Å². The summed E-state index contributed by atoms with van der Waals surface area (Å²) in [6, 6.07) is 16.1. The van der Waals surface area contributed by atoms with Crippen molar-refractivity contribution in [1.29, 1.82) is 0 Å². The Labute approximate surface area is 225 Å². The highest BCUT2D eigenvalue weighted by Gasteiger charge is 2.35. The molecule has 2 aromatic rings. The molecule has 1 aromatic carbocycles. The van der Waals surface area contributed by atoms with Crippen molar-refractivity contribution >= 4 is 17.8 Å². The van der Waals surface area contributed by atoms with Gasteiger partial charge in [0.05, 0.1) is 6.04 Å². The second-order valence-electron chi connectivity index (χ2n) is 10.1. The second-order valence-corrected chi connectivity index (χ2v) is 10.1. The van der Waals surface area contributed by atoms with E-state index in [1.54, 1.807) is 11.1 Å². The van der Waals surface area contributed by atoms with Crippen LogP contribution in [0.3, 0.4) is 0 Å². The summed E-state index contributed by atoms with van der Waals surface area (Å²) in [4.78, 5) is 41.4. The summed E-state index contributed by atoms with van der Waals surface area (Å²) in [6.45, 7) is 1.36. The molecule has 212 valence electrons. The maximum Gasteiger partial charge on any atom is 0.430 e. The average Bonchev–Trinajstić information content (AvgIpc) is 3.42. The van der Waals surface area contributed by atoms with Gasteiger partial charge in [0, 0.05) is 37.3 Å². The number of hydrogen-bond donors (Lipinski definition) is 2. The van der Waals surface area contributed by atoms with Gasteiger partial charge < -0.3 is 25.9 Å². The van der Waals surface area contributed by atoms with E-state index in [0.717, 1.165) is 49.8 Å². The van der Waals surface area contributed by atoms with Crippen LogP contribution in [0.1, 0.15) is 62.1 Å². The zero-order chi connectivity index (χ0) is 28.4. The highest BCUT2D eigenvalue weighted by Crippen LogP contribution is 2.29. The van der Waals surface area contributed by atoms with Gasteiger partial charge in [-0.3, -0.25) is 14.6 Å². The van der Waals surface area contributed by atoms with E-state index in [9.17, 15) is 22.8 Å². The maximum atomic E-state index is 13.4. The molecule has 2 fully saturated rings. The van der Waals surface area contributed by atoms with Crippen LogP contribution in [0.25, 0.3) is 0 Å². The number of rotatable bonds is 7. The van der Waals surface area contributed by atoms with Crippen molar-refractivity contribution in [3.63, 3.8) is 0 Å². The lowest BCUT2D eigenvalue weighted by atomic mass is 9.86. The van der Waals surface area contributed by atoms with Gasteiger partial charge in [0.1, 0.15) is 12.0 Å². The third-order valence-electron chi connectivity index (χ3n) is 7.26. The molecule has 39 heavy (non-hydrogen) atoms. The van der Waals surface area contributed by atoms with Crippen molar-refractivity contribution in [2.24, 2.45) is 5.92 Å². The third kappa shape index (κ3) is 9.05. The minimum Gasteiger partial charge on any atom is -0.542 e. The number of hydrogen-bond acceptors (Lipinski definition) is 5. The number of amides is 2. The number of carboxylic acids is 1. The van der Waals surface area contributed by atoms with Crippen LogP contribution >= 0.6 is 0 Å². The van der Waals surface area contributed by atoms with Crippen molar-refractivity contribution in [2.45, 2.75) is 69.1 Å². The molecular formula is C28H35F3N4O4. The lowest BCUT2D eigenvalue weighted by Crippen LogP contribution is -2.62. The molecule has 4 rings (SSSR count). The van der Waals surface area contributed by atoms with Gasteiger partial charge in [0.25, 0.3) is 0 Å². The van der Waals surface area contributed by atoms with E-state index in [4.69, 9.17) is 9.90 Å². The highest BCUT2D eigenvalue weighted by molar-refractivity contribution is 5.88. The Balaban J connectivity index is 0.000000532. The molecule has 2 amide bonds. The van der Waals surface area contributed by atoms with Crippen LogP contribution in [-0.2, 0) is 14.4 Å². The number of pyridine rings is 1. The van der Waals surface area contributed by atoms with Gasteiger partial charge in [-0.1, -0.05) is 36.4 Å². The molecule has 1 saturated heterocycles. The summed E-state index contributed by atoms with van der Waals surface area (Å²) in [7, 11) is 0. The monoisotopic (exact) mass is 548 g/mol. The second kappa shape index (κ2) is 14.1. The van der Waals surface area contributed by atoms with Gasteiger partial charge in [-0.25, -0.2) is 0 Å². The van der Waals surface area contributed by atoms with Crippen molar-refractivity contribution < 1.29 is 38.4 Å². The van der Waals surface area contributed by atoms with Crippen LogP contribution in [0.15, 0.2) is 54.7 Å². The summed E-state index contributed by atoms with van der Waals surface area (Å²) in [5.41, 5.74) is 6.10. The highest BCUT2D eigenvalue weighted by atomic mass is 19.4. The van der Waals surface area contributed by atoms with Crippen LogP contribution in [0.5, 0.6) is 0 Å². The van der Waals surface area contributed by atoms with E-state index < -0.39 is 12.1 Å². The average molecular weight is 549 g/mol. The fraction of sp³-hybridized carbons (Fsp3) is 0.500. The SMILES string of the molecule is O=C([O-])C(F)(F)F.[NH3+]C1CCC(CNC(=O)[C@@H]2CCCN2C(=O)C[C@@H](c2ccccc2)c2ccccn2)CC1. The molecule has 1 aromatic heterocycles. The number of carbonyl (C=O) groups excluding carboxylic acids is 3. The van der Waals surface area contributed by atoms with E-state index in [0.29, 0.717) is 31.5 Å². The number of halogens is 3. The van der Waals surface area contributed by atoms with E-state index in [1.807, 2.05) is 48.5 Å². The number of nitrogens with zero attached hydrogens (tertiary/aromatic N) is 2. The fourth-order valence-electron chi connectivity index (χ4n) is 5.09. The molecule has 1 saturated carbocycles. The topological polar surface area (TPSA) is 130 Å². The summed E-state index contributed by atoms with van der Waals surface area (Å²) >= 11 is 0. The predicted octanol–water partition coefficient (Wildman–Crippen LogP) is 1.81. The number of carbonyl (C=O) groups is 3. The number of aromatic nitrogens is 1. The number of carboxylic acid groups (broad SMARTS) is 1. The summed E-state index contributed by atoms with van der Waals surface area (Å²) in [5.74, 6) is -2.56. The Hall–Kier alpha value is -3.47. The predicted molar refractivity (Wildman–Crippen MR) is 135 cm³/mol. The molecule has 2 atom stereocenters. The molecule has 4 N–H and O–H groups in total. The van der Waals surface area contributed by atoms with Crippen LogP contribution in [0.2, 0.25) is 0 Å². The first-order valence-electron chi connectivity index (χ1n) is 13.2. The van der Waals surface area contributed by atoms with Gasteiger partial charge >= 0.3 is 6.18 Å². The smallest absolute Gasteiger partial charge is 0.430 e. The molecule has 0 bridgehead atoms. The number of likely N-dealkylation sites (tertiary alicyclic amines) is 1. The van der Waals surface area contributed by atoms with Crippen LogP contribution in [0.4, 0.5) is 13.2 Å². The van der Waals surface area contributed by atoms with E-state index in [-0.39, 0.29) is 23.8 Å². The van der Waals surface area contributed by atoms with E-state index in [1.165, 1.54) is 0 Å². The molecule has 2 aliphatic rings. The summed E-state index contributed by atoms with van der Waals surface area (Å²) < 4.78 is 31.5. The number of alkyl halides is 3. The number of benzene rings is 1. The standard InChI is InChI=1S/C26H34N4O2.C2HF3O2/c27-21-13-11-19(12-14-21)18-29-26(32)24-10-6-16-30(24)25(31)17-22(20-7-2-1-3-8-20)23-9-4-5-15-28-23;3-2(4,5)1(6)7/h1-5,7-9,15,19,21-22,24H,6,10-14,16-18,27H2,(H,29,32);(H,6,7)/t19?,21?,22-,24-;/m0./s1. The lowest BCUT2D eigenvalue weighted by molar-refractivity contribution is -0.426. The third-order valence-corrected chi connectivity index (χ3v) is 7.26. The fourth-order valence-corrected chi connectivity index (χ4v) is 5.09. The zero-order valence-electron chi connectivity index (χ0n) is 21.7. The van der Waals surface area contributed by atoms with Crippen molar-refractivity contribution in [1.82, 2.24) is 15.2 Å². The molecule has 0 radical (unpaired) electrons. The quantitative estimate of drug-likeness (QED) is 0.545. The minimum atomic E-state index is -5.19. The maximum absolute atomic E-state index is 13.4. The Morgan fingerprint density at radius 2 is 1.67 bits per heavy atom. The normalized spacial score (nSPS) is 21.8. The summed E-state index contributed by atoms with van der Waals surface area (Å²) in [6.07, 6.45) is 3.04. The molecule has 2 heterocycles. The Bertz CT molecular complexity index is 1040. The largest absolute Gasteiger partial charge is 0.542 e. The van der Waals surface area contributed by atoms with Gasteiger partial charge in [0.15, 0.2) is 0 Å². The molecule has 0 unspecified atom stereocenters. The Kier molecular flexibility index (Phi) is 10.8. The first-order valence-corrected chi connectivity index (χ1v) is 13.2. The van der Waals surface area contributed by atoms with E-state index in [2.05, 4.69) is 16.0 Å². The van der Waals surface area contributed by atoms with Gasteiger partial charge in [0.2, 0.25) is 11.8 Å². The van der Waals surface area contributed by atoms with Gasteiger partial charge in [-0.05, 0) is 62.1 Å². The van der Waals surface area contributed by atoms with Crippen molar-refractivity contribution in [2.75, 3.05) is 13.1 Å². The molecular weight excluding hydrogens is 513 g/mol. The van der Waals surface area contributed by atoms with Crippen LogP contribution in [-0.4, -0.2) is 59.0 Å². The van der Waals surface area contributed by atoms with Crippen molar-refractivity contribution in [3.05, 3.63) is 66.0 Å². The zero-order valence-corrected chi connectivity index (χ0v) is 21.7. The first kappa shape index (κ1) is 30.1. The molecule has 8 nitrogen and oxygen atoms in total. The van der Waals surface area contributed by atoms with Crippen LogP contribution in [0, 0.1) is 5.92 Å². The minimum absolute atomic E-state index is 0.00157. The lowest BCUT2D eigenvalue weighted by Gasteiger charge is -2.28. The summed E-state index contributed by atoms with van der Waals surface area (Å²) in [5, 5.41) is 11.9. The van der Waals surface area contributed by atoms with Crippen molar-refractivity contribution in [3.8, 4) is 0 Å². The molecule has 1 aliphatic heterocycles. The van der Waals surface area contributed by atoms with E-state index >= 15 is 0 Å². The Morgan fingerprint density at radius 3 is 2.26 bits per heavy atom. The van der Waals surface area contributed by atoms with Gasteiger partial charge in [-0.2, -0.15) is 13.2 Å². The Morgan fingerprint density at radius 1 is 1.03 bits per heavy atom. The van der Waals surface area contributed by atoms with Crippen LogP contribution < -0.4 is 16.2 Å². The first-order chi connectivity index (χ1) is 18.6. The molecule has 0 spiro atoms. The number of nitrogens with one attached hydrogen (secondary N) is 1. The number of quaternary nitrogens is 1. The number of aliphatic carboxylic acids is 1.